The highest BCUT2D eigenvalue weighted by atomic mass is 16.5. The molecule has 0 fully saturated rings. The van der Waals surface area contributed by atoms with Gasteiger partial charge in [-0.15, -0.1) is 6.58 Å². The van der Waals surface area contributed by atoms with Gasteiger partial charge in [-0.2, -0.15) is 5.26 Å². The van der Waals surface area contributed by atoms with Gasteiger partial charge in [0.2, 0.25) is 0 Å². The molecular formula is C9H11NO2. The molecule has 3 nitrogen and oxygen atoms in total. The highest BCUT2D eigenvalue weighted by Gasteiger charge is 2.16. The molecule has 0 aromatic rings. The van der Waals surface area contributed by atoms with Gasteiger partial charge in [-0.25, -0.2) is 0 Å². The van der Waals surface area contributed by atoms with Crippen molar-refractivity contribution < 1.29 is 9.53 Å². The quantitative estimate of drug-likeness (QED) is 0.457. The third-order valence-electron chi connectivity index (χ3n) is 1.19. The Kier molecular flexibility index (Phi) is 5.37. The molecule has 0 rings (SSSR count). The van der Waals surface area contributed by atoms with Crippen molar-refractivity contribution in [1.29, 1.82) is 5.26 Å². The molecule has 0 aromatic carbocycles. The van der Waals surface area contributed by atoms with Crippen molar-refractivity contribution in [2.24, 2.45) is 5.92 Å². The molecule has 12 heavy (non-hydrogen) atoms. The van der Waals surface area contributed by atoms with Crippen molar-refractivity contribution >= 4 is 5.97 Å². The van der Waals surface area contributed by atoms with E-state index in [1.165, 1.54) is 12.2 Å². The molecule has 0 saturated heterocycles. The Morgan fingerprint density at radius 3 is 2.67 bits per heavy atom. The van der Waals surface area contributed by atoms with E-state index in [9.17, 15) is 4.79 Å². The number of carbonyl (C=O) groups is 1. The zero-order chi connectivity index (χ0) is 9.40. The molecule has 0 aliphatic rings. The Balaban J connectivity index is 3.95. The highest BCUT2D eigenvalue weighted by molar-refractivity contribution is 5.75. The molecule has 0 bridgehead atoms. The zero-order valence-corrected chi connectivity index (χ0v) is 6.82. The number of nitrogens with zero attached hydrogens (tertiary/aromatic N) is 1. The number of ether oxygens (including phenoxy) is 1. The molecule has 0 aromatic heterocycles. The normalized spacial score (nSPS) is 10.9. The third kappa shape index (κ3) is 3.57. The average Bonchev–Trinajstić information content (AvgIpc) is 2.10. The second-order valence-electron chi connectivity index (χ2n) is 2.12. The summed E-state index contributed by atoms with van der Waals surface area (Å²) in [7, 11) is 0. The summed E-state index contributed by atoms with van der Waals surface area (Å²) < 4.78 is 4.67. The Labute approximate surface area is 71.9 Å². The fourth-order valence-electron chi connectivity index (χ4n) is 0.610. The van der Waals surface area contributed by atoms with Crippen LogP contribution < -0.4 is 0 Å². The van der Waals surface area contributed by atoms with Crippen LogP contribution in [0.5, 0.6) is 0 Å². The van der Waals surface area contributed by atoms with Crippen molar-refractivity contribution in [3.63, 3.8) is 0 Å². The lowest BCUT2D eigenvalue weighted by Crippen LogP contribution is -2.15. The predicted octanol–water partition coefficient (Wildman–Crippen LogP) is 1.43. The lowest BCUT2D eigenvalue weighted by Gasteiger charge is -2.04. The van der Waals surface area contributed by atoms with Crippen LogP contribution in [0.1, 0.15) is 6.42 Å². The van der Waals surface area contributed by atoms with E-state index in [1.807, 2.05) is 6.07 Å². The predicted molar refractivity (Wildman–Crippen MR) is 45.1 cm³/mol. The van der Waals surface area contributed by atoms with Gasteiger partial charge in [-0.1, -0.05) is 18.7 Å². The van der Waals surface area contributed by atoms with Gasteiger partial charge in [-0.3, -0.25) is 4.79 Å². The van der Waals surface area contributed by atoms with Gasteiger partial charge in [0, 0.05) is 0 Å². The van der Waals surface area contributed by atoms with Crippen molar-refractivity contribution in [3.05, 3.63) is 25.3 Å². The van der Waals surface area contributed by atoms with Crippen LogP contribution in [0.25, 0.3) is 0 Å². The largest absolute Gasteiger partial charge is 0.460 e. The summed E-state index contributed by atoms with van der Waals surface area (Å²) in [5.41, 5.74) is 0. The van der Waals surface area contributed by atoms with E-state index in [2.05, 4.69) is 17.9 Å². The van der Waals surface area contributed by atoms with Crippen molar-refractivity contribution in [1.82, 2.24) is 0 Å². The van der Waals surface area contributed by atoms with Gasteiger partial charge in [-0.05, 0) is 6.42 Å². The van der Waals surface area contributed by atoms with E-state index in [4.69, 9.17) is 5.26 Å². The third-order valence-corrected chi connectivity index (χ3v) is 1.19. The van der Waals surface area contributed by atoms with E-state index in [0.717, 1.165) is 0 Å². The van der Waals surface area contributed by atoms with Gasteiger partial charge in [0.15, 0.2) is 0 Å². The Morgan fingerprint density at radius 1 is 1.58 bits per heavy atom. The number of esters is 1. The number of carbonyl (C=O) groups excluding carboxylic acids is 1. The monoisotopic (exact) mass is 165 g/mol. The van der Waals surface area contributed by atoms with Crippen LogP contribution >= 0.6 is 0 Å². The van der Waals surface area contributed by atoms with Crippen LogP contribution in [0.15, 0.2) is 25.3 Å². The van der Waals surface area contributed by atoms with Crippen LogP contribution in [0.3, 0.4) is 0 Å². The molecule has 0 N–H and O–H groups in total. The lowest BCUT2D eigenvalue weighted by atomic mass is 10.1. The molecule has 0 heterocycles. The minimum absolute atomic E-state index is 0.147. The summed E-state index contributed by atoms with van der Waals surface area (Å²) in [5, 5.41) is 8.50. The second-order valence-corrected chi connectivity index (χ2v) is 2.12. The molecule has 1 atom stereocenters. The summed E-state index contributed by atoms with van der Waals surface area (Å²) in [5.74, 6) is -1.25. The fourth-order valence-corrected chi connectivity index (χ4v) is 0.610. The van der Waals surface area contributed by atoms with Crippen LogP contribution in [0.4, 0.5) is 0 Å². The molecule has 0 aliphatic carbocycles. The molecule has 0 amide bonds. The Hall–Kier alpha value is -1.56. The topological polar surface area (TPSA) is 50.1 Å². The summed E-state index contributed by atoms with van der Waals surface area (Å²) in [6.07, 6.45) is 3.30. The standard InChI is InChI=1S/C9H11NO2/c1-3-5-8(7-10)9(11)12-6-4-2/h3-4,8H,1-2,5-6H2. The first-order chi connectivity index (χ1) is 5.76. The molecule has 0 spiro atoms. The van der Waals surface area contributed by atoms with Gasteiger partial charge < -0.3 is 4.74 Å². The number of nitriles is 1. The van der Waals surface area contributed by atoms with E-state index >= 15 is 0 Å². The fraction of sp³-hybridized carbons (Fsp3) is 0.333. The molecule has 1 unspecified atom stereocenters. The molecule has 0 radical (unpaired) electrons. The first-order valence-electron chi connectivity index (χ1n) is 3.54. The summed E-state index contributed by atoms with van der Waals surface area (Å²) >= 11 is 0. The van der Waals surface area contributed by atoms with Crippen LogP contribution in [-0.2, 0) is 9.53 Å². The van der Waals surface area contributed by atoms with Gasteiger partial charge in [0.25, 0.3) is 0 Å². The Bertz CT molecular complexity index is 215. The van der Waals surface area contributed by atoms with Crippen LogP contribution in [0, 0.1) is 17.2 Å². The van der Waals surface area contributed by atoms with E-state index in [-0.39, 0.29) is 6.61 Å². The zero-order valence-electron chi connectivity index (χ0n) is 6.82. The molecule has 0 aliphatic heterocycles. The SMILES string of the molecule is C=CCOC(=O)C(C#N)CC=C. The van der Waals surface area contributed by atoms with Crippen LogP contribution in [-0.4, -0.2) is 12.6 Å². The minimum atomic E-state index is -0.734. The van der Waals surface area contributed by atoms with E-state index in [0.29, 0.717) is 6.42 Å². The van der Waals surface area contributed by atoms with Gasteiger partial charge >= 0.3 is 5.97 Å². The van der Waals surface area contributed by atoms with E-state index in [1.54, 1.807) is 0 Å². The van der Waals surface area contributed by atoms with Gasteiger partial charge in [0.05, 0.1) is 6.07 Å². The minimum Gasteiger partial charge on any atom is -0.460 e. The number of hydrogen-bond acceptors (Lipinski definition) is 3. The summed E-state index contributed by atoms with van der Waals surface area (Å²) in [6, 6.07) is 1.83. The Morgan fingerprint density at radius 2 is 2.25 bits per heavy atom. The first-order valence-corrected chi connectivity index (χ1v) is 3.54. The lowest BCUT2D eigenvalue weighted by molar-refractivity contribution is -0.145. The van der Waals surface area contributed by atoms with Crippen molar-refractivity contribution in [2.45, 2.75) is 6.42 Å². The van der Waals surface area contributed by atoms with E-state index < -0.39 is 11.9 Å². The average molecular weight is 165 g/mol. The van der Waals surface area contributed by atoms with Crippen molar-refractivity contribution in [3.8, 4) is 6.07 Å². The molecule has 3 heteroatoms. The maximum atomic E-state index is 11.0. The second kappa shape index (κ2) is 6.17. The number of allylic oxidation sites excluding steroid dienone is 1. The summed E-state index contributed by atoms with van der Waals surface area (Å²) in [6.45, 7) is 6.96. The summed E-state index contributed by atoms with van der Waals surface area (Å²) in [4.78, 5) is 11.0. The molecule has 0 saturated carbocycles. The first kappa shape index (κ1) is 10.4. The number of hydrogen-bond donors (Lipinski definition) is 0. The highest BCUT2D eigenvalue weighted by Crippen LogP contribution is 2.04. The maximum absolute atomic E-state index is 11.0. The maximum Gasteiger partial charge on any atom is 0.323 e. The van der Waals surface area contributed by atoms with Gasteiger partial charge in [0.1, 0.15) is 12.5 Å². The van der Waals surface area contributed by atoms with Crippen LogP contribution in [0.2, 0.25) is 0 Å². The molecular weight excluding hydrogens is 154 g/mol. The molecule has 64 valence electrons. The smallest absolute Gasteiger partial charge is 0.323 e. The van der Waals surface area contributed by atoms with Crippen molar-refractivity contribution in [2.75, 3.05) is 6.61 Å². The number of rotatable bonds is 5.